The van der Waals surface area contributed by atoms with Gasteiger partial charge in [-0.3, -0.25) is 9.69 Å². The van der Waals surface area contributed by atoms with Crippen molar-refractivity contribution in [1.29, 1.82) is 0 Å². The third-order valence-electron chi connectivity index (χ3n) is 3.54. The van der Waals surface area contributed by atoms with Crippen molar-refractivity contribution in [3.8, 4) is 0 Å². The SMILES string of the molecule is Cc1cnc(NC(=O)CN2CCC(NC(=O)OC(C)(C)C)CC2)s1. The van der Waals surface area contributed by atoms with E-state index in [0.717, 1.165) is 30.8 Å². The van der Waals surface area contributed by atoms with Crippen molar-refractivity contribution in [2.75, 3.05) is 25.0 Å². The van der Waals surface area contributed by atoms with Crippen LogP contribution in [0.2, 0.25) is 0 Å². The number of carbonyl (C=O) groups is 2. The molecule has 0 spiro atoms. The first-order valence-corrected chi connectivity index (χ1v) is 8.97. The molecule has 1 aliphatic rings. The lowest BCUT2D eigenvalue weighted by atomic mass is 10.1. The second kappa shape index (κ2) is 7.94. The molecule has 0 aromatic carbocycles. The lowest BCUT2D eigenvalue weighted by Crippen LogP contribution is -2.47. The molecule has 1 fully saturated rings. The van der Waals surface area contributed by atoms with Gasteiger partial charge in [-0.2, -0.15) is 0 Å². The van der Waals surface area contributed by atoms with Crippen molar-refractivity contribution < 1.29 is 14.3 Å². The molecular weight excluding hydrogens is 328 g/mol. The molecule has 0 unspecified atom stereocenters. The van der Waals surface area contributed by atoms with E-state index in [4.69, 9.17) is 4.74 Å². The van der Waals surface area contributed by atoms with Crippen LogP contribution in [0.25, 0.3) is 0 Å². The van der Waals surface area contributed by atoms with Crippen LogP contribution in [0.3, 0.4) is 0 Å². The zero-order valence-electron chi connectivity index (χ0n) is 14.7. The Morgan fingerprint density at radius 3 is 2.58 bits per heavy atom. The van der Waals surface area contributed by atoms with Crippen LogP contribution in [-0.2, 0) is 9.53 Å². The Morgan fingerprint density at radius 2 is 2.04 bits per heavy atom. The zero-order chi connectivity index (χ0) is 17.7. The number of thiazole rings is 1. The Labute approximate surface area is 146 Å². The van der Waals surface area contributed by atoms with E-state index >= 15 is 0 Å². The molecular formula is C16H26N4O3S. The lowest BCUT2D eigenvalue weighted by Gasteiger charge is -2.32. The number of nitrogens with zero attached hydrogens (tertiary/aromatic N) is 2. The Kier molecular flexibility index (Phi) is 6.17. The summed E-state index contributed by atoms with van der Waals surface area (Å²) in [6.07, 6.45) is 2.98. The molecule has 2 amide bonds. The summed E-state index contributed by atoms with van der Waals surface area (Å²) < 4.78 is 5.27. The van der Waals surface area contributed by atoms with E-state index in [1.54, 1.807) is 6.20 Å². The molecule has 0 aliphatic carbocycles. The van der Waals surface area contributed by atoms with Gasteiger partial charge in [0.2, 0.25) is 5.91 Å². The number of nitrogens with one attached hydrogen (secondary N) is 2. The minimum Gasteiger partial charge on any atom is -0.444 e. The summed E-state index contributed by atoms with van der Waals surface area (Å²) in [6.45, 7) is 9.37. The average molecular weight is 354 g/mol. The molecule has 2 rings (SSSR count). The van der Waals surface area contributed by atoms with Crippen molar-refractivity contribution in [3.05, 3.63) is 11.1 Å². The van der Waals surface area contributed by atoms with Gasteiger partial charge in [-0.1, -0.05) is 0 Å². The Morgan fingerprint density at radius 1 is 1.38 bits per heavy atom. The smallest absolute Gasteiger partial charge is 0.407 e. The highest BCUT2D eigenvalue weighted by atomic mass is 32.1. The van der Waals surface area contributed by atoms with E-state index in [0.29, 0.717) is 11.7 Å². The summed E-state index contributed by atoms with van der Waals surface area (Å²) in [4.78, 5) is 31.1. The number of anilines is 1. The topological polar surface area (TPSA) is 83.6 Å². The van der Waals surface area contributed by atoms with Crippen LogP contribution < -0.4 is 10.6 Å². The summed E-state index contributed by atoms with van der Waals surface area (Å²) in [5.74, 6) is -0.0529. The Bertz CT molecular complexity index is 574. The van der Waals surface area contributed by atoms with Gasteiger partial charge in [-0.05, 0) is 40.5 Å². The predicted octanol–water partition coefficient (Wildman–Crippen LogP) is 2.38. The van der Waals surface area contributed by atoms with Crippen LogP contribution in [0.15, 0.2) is 6.20 Å². The maximum Gasteiger partial charge on any atom is 0.407 e. The molecule has 8 heteroatoms. The predicted molar refractivity (Wildman–Crippen MR) is 94.3 cm³/mol. The van der Waals surface area contributed by atoms with Gasteiger partial charge in [-0.15, -0.1) is 11.3 Å². The highest BCUT2D eigenvalue weighted by Gasteiger charge is 2.24. The number of ether oxygens (including phenoxy) is 1. The zero-order valence-corrected chi connectivity index (χ0v) is 15.5. The van der Waals surface area contributed by atoms with E-state index in [1.807, 2.05) is 27.7 Å². The Balaban J connectivity index is 1.69. The van der Waals surface area contributed by atoms with Gasteiger partial charge in [0.05, 0.1) is 6.54 Å². The van der Waals surface area contributed by atoms with Crippen molar-refractivity contribution in [2.24, 2.45) is 0 Å². The summed E-state index contributed by atoms with van der Waals surface area (Å²) >= 11 is 1.47. The fraction of sp³-hybridized carbons (Fsp3) is 0.688. The number of amides is 2. The normalized spacial score (nSPS) is 16.7. The third-order valence-corrected chi connectivity index (χ3v) is 4.37. The molecule has 2 heterocycles. The number of likely N-dealkylation sites (tertiary alicyclic amines) is 1. The summed E-state index contributed by atoms with van der Waals surface area (Å²) in [5.41, 5.74) is -0.489. The van der Waals surface area contributed by atoms with Gasteiger partial charge in [0.1, 0.15) is 5.60 Å². The third kappa shape index (κ3) is 6.45. The number of rotatable bonds is 4. The largest absolute Gasteiger partial charge is 0.444 e. The van der Waals surface area contributed by atoms with E-state index in [1.165, 1.54) is 11.3 Å². The molecule has 7 nitrogen and oxygen atoms in total. The van der Waals surface area contributed by atoms with Gasteiger partial charge in [-0.25, -0.2) is 9.78 Å². The summed E-state index contributed by atoms with van der Waals surface area (Å²) in [6, 6.07) is 0.0979. The lowest BCUT2D eigenvalue weighted by molar-refractivity contribution is -0.117. The van der Waals surface area contributed by atoms with E-state index in [-0.39, 0.29) is 18.0 Å². The van der Waals surface area contributed by atoms with E-state index in [2.05, 4.69) is 20.5 Å². The monoisotopic (exact) mass is 354 g/mol. The molecule has 0 atom stereocenters. The van der Waals surface area contributed by atoms with E-state index in [9.17, 15) is 9.59 Å². The molecule has 1 aliphatic heterocycles. The quantitative estimate of drug-likeness (QED) is 0.867. The highest BCUT2D eigenvalue weighted by molar-refractivity contribution is 7.15. The number of piperidine rings is 1. The number of hydrogen-bond acceptors (Lipinski definition) is 6. The van der Waals surface area contributed by atoms with Crippen molar-refractivity contribution in [3.63, 3.8) is 0 Å². The number of carbonyl (C=O) groups excluding carboxylic acids is 2. The molecule has 1 aromatic rings. The van der Waals surface area contributed by atoms with Gasteiger partial charge in [0.25, 0.3) is 0 Å². The molecule has 2 N–H and O–H groups in total. The maximum atomic E-state index is 12.0. The average Bonchev–Trinajstić information content (AvgIpc) is 2.84. The van der Waals surface area contributed by atoms with Crippen molar-refractivity contribution in [1.82, 2.24) is 15.2 Å². The first-order valence-electron chi connectivity index (χ1n) is 8.15. The first-order chi connectivity index (χ1) is 11.2. The second-order valence-electron chi connectivity index (χ2n) is 7.02. The first kappa shape index (κ1) is 18.7. The van der Waals surface area contributed by atoms with Crippen LogP contribution in [0.4, 0.5) is 9.93 Å². The highest BCUT2D eigenvalue weighted by Crippen LogP contribution is 2.17. The number of alkyl carbamates (subject to hydrolysis) is 1. The van der Waals surface area contributed by atoms with Gasteiger partial charge in [0, 0.05) is 30.2 Å². The van der Waals surface area contributed by atoms with Crippen LogP contribution in [0.5, 0.6) is 0 Å². The standard InChI is InChI=1S/C16H26N4O3S/c1-11-9-17-14(24-11)19-13(21)10-20-7-5-12(6-8-20)18-15(22)23-16(2,3)4/h9,12H,5-8,10H2,1-4H3,(H,18,22)(H,17,19,21). The number of aromatic nitrogens is 1. The van der Waals surface area contributed by atoms with Crippen LogP contribution in [0.1, 0.15) is 38.5 Å². The molecule has 0 saturated carbocycles. The fourth-order valence-electron chi connectivity index (χ4n) is 2.48. The number of aryl methyl sites for hydroxylation is 1. The maximum absolute atomic E-state index is 12.0. The van der Waals surface area contributed by atoms with Crippen LogP contribution in [0, 0.1) is 6.92 Å². The Hall–Kier alpha value is -1.67. The van der Waals surface area contributed by atoms with Crippen molar-refractivity contribution in [2.45, 2.75) is 52.2 Å². The fourth-order valence-corrected chi connectivity index (χ4v) is 3.16. The molecule has 0 radical (unpaired) electrons. The van der Waals surface area contributed by atoms with Crippen molar-refractivity contribution >= 4 is 28.5 Å². The molecule has 1 saturated heterocycles. The second-order valence-corrected chi connectivity index (χ2v) is 8.26. The molecule has 134 valence electrons. The molecule has 0 bridgehead atoms. The number of hydrogen-bond donors (Lipinski definition) is 2. The minimum atomic E-state index is -0.489. The minimum absolute atomic E-state index is 0.0529. The van der Waals surface area contributed by atoms with E-state index < -0.39 is 5.60 Å². The van der Waals surface area contributed by atoms with Gasteiger partial charge >= 0.3 is 6.09 Å². The molecule has 1 aromatic heterocycles. The van der Waals surface area contributed by atoms with Crippen LogP contribution >= 0.6 is 11.3 Å². The summed E-state index contributed by atoms with van der Waals surface area (Å²) in [7, 11) is 0. The van der Waals surface area contributed by atoms with Gasteiger partial charge < -0.3 is 15.4 Å². The molecule has 24 heavy (non-hydrogen) atoms. The van der Waals surface area contributed by atoms with Gasteiger partial charge in [0.15, 0.2) is 5.13 Å². The summed E-state index contributed by atoms with van der Waals surface area (Å²) in [5, 5.41) is 6.35. The van der Waals surface area contributed by atoms with Crippen LogP contribution in [-0.4, -0.2) is 53.2 Å².